The van der Waals surface area contributed by atoms with Gasteiger partial charge in [0.25, 0.3) is 0 Å². The Morgan fingerprint density at radius 3 is 2.44 bits per heavy atom. The topological polar surface area (TPSA) is 48.0 Å². The first kappa shape index (κ1) is 20.0. The first-order chi connectivity index (χ1) is 11.5. The molecule has 5 nitrogen and oxygen atoms in total. The van der Waals surface area contributed by atoms with Crippen molar-refractivity contribution < 1.29 is 19.0 Å². The van der Waals surface area contributed by atoms with E-state index in [1.807, 2.05) is 19.9 Å². The molecule has 0 aromatic heterocycles. The van der Waals surface area contributed by atoms with Crippen LogP contribution in [0.15, 0.2) is 23.4 Å². The van der Waals surface area contributed by atoms with Crippen LogP contribution in [0.3, 0.4) is 0 Å². The lowest BCUT2D eigenvalue weighted by atomic mass is 9.90. The summed E-state index contributed by atoms with van der Waals surface area (Å²) in [5.74, 6) is -0.259. The number of hydrogen-bond acceptors (Lipinski definition) is 5. The van der Waals surface area contributed by atoms with Crippen molar-refractivity contribution in [1.82, 2.24) is 4.90 Å². The molecule has 0 aromatic rings. The third-order valence-electron chi connectivity index (χ3n) is 4.44. The lowest BCUT2D eigenvalue weighted by molar-refractivity contribution is -0.227. The van der Waals surface area contributed by atoms with Crippen LogP contribution >= 0.6 is 0 Å². The molecule has 0 aromatic carbocycles. The van der Waals surface area contributed by atoms with Gasteiger partial charge in [-0.2, -0.15) is 0 Å². The van der Waals surface area contributed by atoms with Crippen LogP contribution in [0.1, 0.15) is 54.9 Å². The molecule has 1 unspecified atom stereocenters. The van der Waals surface area contributed by atoms with Gasteiger partial charge in [0.1, 0.15) is 0 Å². The zero-order valence-corrected chi connectivity index (χ0v) is 16.7. The first-order valence-corrected chi connectivity index (χ1v) is 9.12. The average molecular weight is 351 g/mol. The van der Waals surface area contributed by atoms with Crippen LogP contribution in [0.25, 0.3) is 0 Å². The zero-order valence-electron chi connectivity index (χ0n) is 16.7. The van der Waals surface area contributed by atoms with Crippen molar-refractivity contribution >= 4 is 5.97 Å². The van der Waals surface area contributed by atoms with E-state index in [4.69, 9.17) is 14.2 Å². The van der Waals surface area contributed by atoms with Gasteiger partial charge in [-0.15, -0.1) is 0 Å². The molecule has 25 heavy (non-hydrogen) atoms. The van der Waals surface area contributed by atoms with E-state index in [-0.39, 0.29) is 29.3 Å². The molecule has 2 aliphatic heterocycles. The van der Waals surface area contributed by atoms with Crippen LogP contribution in [-0.2, 0) is 19.0 Å². The summed E-state index contributed by atoms with van der Waals surface area (Å²) in [4.78, 5) is 14.8. The van der Waals surface area contributed by atoms with E-state index in [9.17, 15) is 4.79 Å². The van der Waals surface area contributed by atoms with Crippen LogP contribution in [0, 0.1) is 5.41 Å². The molecular weight excluding hydrogens is 318 g/mol. The van der Waals surface area contributed by atoms with Crippen LogP contribution in [0.5, 0.6) is 0 Å². The third-order valence-corrected chi connectivity index (χ3v) is 4.44. The number of rotatable bonds is 4. The van der Waals surface area contributed by atoms with E-state index in [2.05, 4.69) is 45.7 Å². The van der Waals surface area contributed by atoms with E-state index in [0.717, 1.165) is 5.57 Å². The number of carbonyl (C=O) groups excluding carboxylic acids is 1. The molecule has 1 atom stereocenters. The van der Waals surface area contributed by atoms with E-state index in [1.165, 1.54) is 0 Å². The van der Waals surface area contributed by atoms with Gasteiger partial charge in [0, 0.05) is 23.6 Å². The van der Waals surface area contributed by atoms with Crippen molar-refractivity contribution in [2.24, 2.45) is 5.41 Å². The number of allylic oxidation sites excluding steroid dienone is 2. The SMILES string of the molecule is CCOC(=O)C1=CC(C)=CN(C(C)(C)C)C1CC1OCC(C)(C)CO1. The fraction of sp³-hybridized carbons (Fsp3) is 0.750. The van der Waals surface area contributed by atoms with Gasteiger partial charge in [0.05, 0.1) is 31.4 Å². The summed E-state index contributed by atoms with van der Waals surface area (Å²) in [6.45, 7) is 16.2. The molecule has 142 valence electrons. The highest BCUT2D eigenvalue weighted by atomic mass is 16.7. The highest BCUT2D eigenvalue weighted by molar-refractivity contribution is 5.90. The summed E-state index contributed by atoms with van der Waals surface area (Å²) in [7, 11) is 0. The molecule has 0 amide bonds. The lowest BCUT2D eigenvalue weighted by Crippen LogP contribution is -2.51. The molecule has 0 aliphatic carbocycles. The smallest absolute Gasteiger partial charge is 0.336 e. The number of hydrogen-bond donors (Lipinski definition) is 0. The van der Waals surface area contributed by atoms with Crippen molar-refractivity contribution in [3.8, 4) is 0 Å². The Hall–Kier alpha value is -1.33. The second-order valence-electron chi connectivity index (χ2n) is 8.74. The van der Waals surface area contributed by atoms with Crippen LogP contribution in [0.2, 0.25) is 0 Å². The molecule has 2 heterocycles. The number of nitrogens with zero attached hydrogens (tertiary/aromatic N) is 1. The zero-order chi connectivity index (χ0) is 18.8. The van der Waals surface area contributed by atoms with Gasteiger partial charge in [0.2, 0.25) is 0 Å². The maximum absolute atomic E-state index is 12.5. The molecule has 1 saturated heterocycles. The highest BCUT2D eigenvalue weighted by Gasteiger charge is 2.38. The molecule has 0 bridgehead atoms. The summed E-state index contributed by atoms with van der Waals surface area (Å²) >= 11 is 0. The third kappa shape index (κ3) is 5.08. The Morgan fingerprint density at radius 2 is 1.92 bits per heavy atom. The Balaban J connectivity index is 2.24. The molecule has 2 aliphatic rings. The van der Waals surface area contributed by atoms with Crippen molar-refractivity contribution in [2.45, 2.75) is 72.8 Å². The fourth-order valence-corrected chi connectivity index (χ4v) is 3.19. The second-order valence-corrected chi connectivity index (χ2v) is 8.74. The van der Waals surface area contributed by atoms with Gasteiger partial charge in [-0.3, -0.25) is 0 Å². The predicted octanol–water partition coefficient (Wildman–Crippen LogP) is 3.65. The van der Waals surface area contributed by atoms with Crippen molar-refractivity contribution in [1.29, 1.82) is 0 Å². The Bertz CT molecular complexity index is 547. The summed E-state index contributed by atoms with van der Waals surface area (Å²) in [6.07, 6.45) is 4.33. The largest absolute Gasteiger partial charge is 0.463 e. The van der Waals surface area contributed by atoms with E-state index in [0.29, 0.717) is 31.8 Å². The van der Waals surface area contributed by atoms with Crippen molar-refractivity contribution in [2.75, 3.05) is 19.8 Å². The number of ether oxygens (including phenoxy) is 3. The monoisotopic (exact) mass is 351 g/mol. The van der Waals surface area contributed by atoms with Gasteiger partial charge >= 0.3 is 5.97 Å². The molecule has 0 saturated carbocycles. The molecule has 5 heteroatoms. The number of esters is 1. The molecular formula is C20H33NO4. The molecule has 1 fully saturated rings. The van der Waals surface area contributed by atoms with E-state index >= 15 is 0 Å². The van der Waals surface area contributed by atoms with Crippen LogP contribution < -0.4 is 0 Å². The van der Waals surface area contributed by atoms with Crippen molar-refractivity contribution in [3.05, 3.63) is 23.4 Å². The standard InChI is InChI=1S/C20H33NO4/c1-8-23-18(22)15-9-14(2)11-21(19(3,4)5)16(15)10-17-24-12-20(6,7)13-25-17/h9,11,16-17H,8,10,12-13H2,1-7H3. The quantitative estimate of drug-likeness (QED) is 0.724. The van der Waals surface area contributed by atoms with Gasteiger partial charge < -0.3 is 19.1 Å². The minimum Gasteiger partial charge on any atom is -0.463 e. The van der Waals surface area contributed by atoms with Crippen LogP contribution in [-0.4, -0.2) is 48.6 Å². The number of carbonyl (C=O) groups is 1. The van der Waals surface area contributed by atoms with Gasteiger partial charge in [-0.05, 0) is 46.3 Å². The lowest BCUT2D eigenvalue weighted by Gasteiger charge is -2.45. The van der Waals surface area contributed by atoms with E-state index in [1.54, 1.807) is 0 Å². The summed E-state index contributed by atoms with van der Waals surface area (Å²) in [5, 5.41) is 0. The van der Waals surface area contributed by atoms with E-state index < -0.39 is 0 Å². The predicted molar refractivity (Wildman–Crippen MR) is 97.9 cm³/mol. The average Bonchev–Trinajstić information content (AvgIpc) is 2.49. The fourth-order valence-electron chi connectivity index (χ4n) is 3.19. The van der Waals surface area contributed by atoms with Crippen LogP contribution in [0.4, 0.5) is 0 Å². The summed E-state index contributed by atoms with van der Waals surface area (Å²) in [6, 6.07) is -0.131. The van der Waals surface area contributed by atoms with Gasteiger partial charge in [0.15, 0.2) is 6.29 Å². The van der Waals surface area contributed by atoms with Gasteiger partial charge in [-0.25, -0.2) is 4.79 Å². The Labute approximate surface area is 152 Å². The minimum atomic E-state index is -0.312. The Kier molecular flexibility index (Phi) is 6.00. The minimum absolute atomic E-state index is 0.0308. The maximum atomic E-state index is 12.5. The molecule has 0 spiro atoms. The maximum Gasteiger partial charge on any atom is 0.336 e. The molecule has 2 rings (SSSR count). The summed E-state index contributed by atoms with van der Waals surface area (Å²) in [5.41, 5.74) is 1.62. The first-order valence-electron chi connectivity index (χ1n) is 9.12. The summed E-state index contributed by atoms with van der Waals surface area (Å²) < 4.78 is 17.1. The molecule has 0 radical (unpaired) electrons. The second kappa shape index (κ2) is 7.50. The Morgan fingerprint density at radius 1 is 1.32 bits per heavy atom. The normalized spacial score (nSPS) is 24.6. The van der Waals surface area contributed by atoms with Gasteiger partial charge in [-0.1, -0.05) is 13.8 Å². The molecule has 0 N–H and O–H groups in total. The van der Waals surface area contributed by atoms with Crippen molar-refractivity contribution in [3.63, 3.8) is 0 Å². The highest BCUT2D eigenvalue weighted by Crippen LogP contribution is 2.33.